The predicted molar refractivity (Wildman–Crippen MR) is 143 cm³/mol. The molecule has 0 radical (unpaired) electrons. The van der Waals surface area contributed by atoms with Gasteiger partial charge in [-0.05, 0) is 92.4 Å². The highest BCUT2D eigenvalue weighted by Gasteiger charge is 2.12. The molecule has 11 heteroatoms. The quantitative estimate of drug-likeness (QED) is 0.0808. The molecule has 3 aromatic rings. The number of hydrazine groups is 2. The maximum atomic E-state index is 11.8. The lowest BCUT2D eigenvalue weighted by molar-refractivity contribution is 0.0953. The lowest BCUT2D eigenvalue weighted by Gasteiger charge is -2.10. The molecular weight excluding hydrogens is 488 g/mol. The van der Waals surface area contributed by atoms with E-state index in [0.717, 1.165) is 48.6 Å². The van der Waals surface area contributed by atoms with Gasteiger partial charge in [-0.1, -0.05) is 0 Å². The zero-order valence-electron chi connectivity index (χ0n) is 21.2. The van der Waals surface area contributed by atoms with Crippen LogP contribution in [-0.2, 0) is 0 Å². The SMILES string of the molecule is COc1ccc(N=Nc2ccc(OCCCCCCOc3cc(C(=O)NN)cc(C(=O)NN)c3)cc2)cc1. The molecule has 0 heterocycles. The van der Waals surface area contributed by atoms with E-state index in [9.17, 15) is 9.59 Å². The van der Waals surface area contributed by atoms with E-state index in [1.807, 2.05) is 59.4 Å². The number of nitrogens with zero attached hydrogens (tertiary/aromatic N) is 2. The van der Waals surface area contributed by atoms with Crippen molar-refractivity contribution in [3.8, 4) is 17.2 Å². The fourth-order valence-corrected chi connectivity index (χ4v) is 3.42. The molecule has 6 N–H and O–H groups in total. The first-order valence-electron chi connectivity index (χ1n) is 12.1. The molecule has 38 heavy (non-hydrogen) atoms. The lowest BCUT2D eigenvalue weighted by atomic mass is 10.1. The number of nitrogens with one attached hydrogen (secondary N) is 2. The molecule has 200 valence electrons. The number of rotatable bonds is 14. The highest BCUT2D eigenvalue weighted by molar-refractivity contribution is 5.99. The second-order valence-corrected chi connectivity index (χ2v) is 8.20. The zero-order chi connectivity index (χ0) is 27.2. The fourth-order valence-electron chi connectivity index (χ4n) is 3.42. The van der Waals surface area contributed by atoms with Gasteiger partial charge in [-0.3, -0.25) is 20.4 Å². The van der Waals surface area contributed by atoms with E-state index in [1.165, 1.54) is 18.2 Å². The van der Waals surface area contributed by atoms with Crippen LogP contribution in [0, 0.1) is 0 Å². The van der Waals surface area contributed by atoms with Crippen LogP contribution in [0.25, 0.3) is 0 Å². The van der Waals surface area contributed by atoms with Crippen molar-refractivity contribution in [3.05, 3.63) is 77.9 Å². The third-order valence-corrected chi connectivity index (χ3v) is 5.46. The summed E-state index contributed by atoms with van der Waals surface area (Å²) in [4.78, 5) is 23.7. The van der Waals surface area contributed by atoms with Crippen LogP contribution in [0.5, 0.6) is 17.2 Å². The number of unbranched alkanes of at least 4 members (excludes halogenated alkanes) is 3. The number of nitrogens with two attached hydrogens (primary N) is 2. The summed E-state index contributed by atoms with van der Waals surface area (Å²) in [6, 6.07) is 19.2. The standard InChI is InChI=1S/C27H32N6O5/c1-36-23-10-6-21(7-11-23)32-33-22-8-12-24(13-9-22)37-14-4-2-3-5-15-38-25-17-19(26(34)30-28)16-20(18-25)27(35)31-29/h6-13,16-18H,2-5,14-15,28-29H2,1H3,(H,30,34)(H,31,35). The van der Waals surface area contributed by atoms with Crippen molar-refractivity contribution in [3.63, 3.8) is 0 Å². The second-order valence-electron chi connectivity index (χ2n) is 8.20. The molecule has 0 aromatic heterocycles. The Kier molecular flexibility index (Phi) is 11.0. The number of carbonyl (C=O) groups is 2. The van der Waals surface area contributed by atoms with Gasteiger partial charge in [0.05, 0.1) is 31.7 Å². The topological polar surface area (TPSA) is 163 Å². The first-order chi connectivity index (χ1) is 18.5. The molecule has 0 aliphatic carbocycles. The maximum absolute atomic E-state index is 11.8. The average molecular weight is 521 g/mol. The largest absolute Gasteiger partial charge is 0.497 e. The van der Waals surface area contributed by atoms with Crippen LogP contribution in [0.15, 0.2) is 77.0 Å². The van der Waals surface area contributed by atoms with Gasteiger partial charge in [0, 0.05) is 11.1 Å². The van der Waals surface area contributed by atoms with Crippen LogP contribution >= 0.6 is 0 Å². The highest BCUT2D eigenvalue weighted by Crippen LogP contribution is 2.23. The molecule has 0 aliphatic heterocycles. The third-order valence-electron chi connectivity index (χ3n) is 5.46. The summed E-state index contributed by atoms with van der Waals surface area (Å²) >= 11 is 0. The van der Waals surface area contributed by atoms with Crippen molar-refractivity contribution in [1.29, 1.82) is 0 Å². The van der Waals surface area contributed by atoms with Crippen molar-refractivity contribution >= 4 is 23.2 Å². The smallest absolute Gasteiger partial charge is 0.265 e. The van der Waals surface area contributed by atoms with E-state index in [4.69, 9.17) is 25.9 Å². The van der Waals surface area contributed by atoms with Crippen molar-refractivity contribution in [2.45, 2.75) is 25.7 Å². The van der Waals surface area contributed by atoms with Gasteiger partial charge in [-0.25, -0.2) is 11.7 Å². The molecule has 11 nitrogen and oxygen atoms in total. The minimum atomic E-state index is -0.533. The molecular formula is C27H32N6O5. The Hall–Kier alpha value is -4.48. The van der Waals surface area contributed by atoms with Crippen LogP contribution < -0.4 is 36.7 Å². The van der Waals surface area contributed by atoms with Gasteiger partial charge in [0.1, 0.15) is 17.2 Å². The van der Waals surface area contributed by atoms with Crippen molar-refractivity contribution < 1.29 is 23.8 Å². The number of amides is 2. The van der Waals surface area contributed by atoms with E-state index in [-0.39, 0.29) is 11.1 Å². The van der Waals surface area contributed by atoms with Crippen LogP contribution in [0.2, 0.25) is 0 Å². The number of benzene rings is 3. The Morgan fingerprint density at radius 1 is 0.658 bits per heavy atom. The number of nitrogen functional groups attached to an aromatic ring is 2. The lowest BCUT2D eigenvalue weighted by Crippen LogP contribution is -2.32. The molecule has 0 atom stereocenters. The Morgan fingerprint density at radius 3 is 1.55 bits per heavy atom. The molecule has 0 unspecified atom stereocenters. The van der Waals surface area contributed by atoms with Crippen molar-refractivity contribution in [2.75, 3.05) is 20.3 Å². The van der Waals surface area contributed by atoms with Crippen LogP contribution in [-0.4, -0.2) is 32.1 Å². The number of hydrogen-bond donors (Lipinski definition) is 4. The first-order valence-corrected chi connectivity index (χ1v) is 12.1. The minimum Gasteiger partial charge on any atom is -0.497 e. The summed E-state index contributed by atoms with van der Waals surface area (Å²) in [6.45, 7) is 1.03. The number of methoxy groups -OCH3 is 1. The van der Waals surface area contributed by atoms with Gasteiger partial charge in [-0.2, -0.15) is 10.2 Å². The third kappa shape index (κ3) is 8.87. The van der Waals surface area contributed by atoms with Crippen LogP contribution in [0.4, 0.5) is 11.4 Å². The number of azo groups is 1. The molecule has 0 aliphatic rings. The molecule has 0 bridgehead atoms. The van der Waals surface area contributed by atoms with Gasteiger partial charge in [0.15, 0.2) is 0 Å². The number of carbonyl (C=O) groups excluding carboxylic acids is 2. The van der Waals surface area contributed by atoms with Gasteiger partial charge in [0.2, 0.25) is 0 Å². The van der Waals surface area contributed by atoms with Gasteiger partial charge < -0.3 is 14.2 Å². The molecule has 2 amide bonds. The molecule has 3 aromatic carbocycles. The fraction of sp³-hybridized carbons (Fsp3) is 0.259. The minimum absolute atomic E-state index is 0.203. The Bertz CT molecular complexity index is 1180. The normalized spacial score (nSPS) is 10.7. The predicted octanol–water partition coefficient (Wildman–Crippen LogP) is 4.34. The van der Waals surface area contributed by atoms with E-state index in [1.54, 1.807) is 7.11 Å². The zero-order valence-corrected chi connectivity index (χ0v) is 21.2. The Morgan fingerprint density at radius 2 is 1.11 bits per heavy atom. The molecule has 0 fully saturated rings. The molecule has 0 saturated heterocycles. The van der Waals surface area contributed by atoms with E-state index < -0.39 is 11.8 Å². The summed E-state index contributed by atoms with van der Waals surface area (Å²) in [7, 11) is 1.62. The molecule has 0 saturated carbocycles. The Labute approximate surface area is 221 Å². The van der Waals surface area contributed by atoms with Gasteiger partial charge in [0.25, 0.3) is 11.8 Å². The molecule has 3 rings (SSSR count). The van der Waals surface area contributed by atoms with E-state index in [0.29, 0.717) is 19.0 Å². The summed E-state index contributed by atoms with van der Waals surface area (Å²) in [6.07, 6.45) is 3.60. The molecule has 0 spiro atoms. The number of ether oxygens (including phenoxy) is 3. The second kappa shape index (κ2) is 14.9. The first kappa shape index (κ1) is 28.1. The van der Waals surface area contributed by atoms with Crippen molar-refractivity contribution in [2.24, 2.45) is 21.9 Å². The van der Waals surface area contributed by atoms with Gasteiger partial charge >= 0.3 is 0 Å². The van der Waals surface area contributed by atoms with Crippen molar-refractivity contribution in [1.82, 2.24) is 10.9 Å². The van der Waals surface area contributed by atoms with E-state index in [2.05, 4.69) is 10.2 Å². The summed E-state index contributed by atoms with van der Waals surface area (Å²) in [5.74, 6) is 11.2. The van der Waals surface area contributed by atoms with Crippen LogP contribution in [0.1, 0.15) is 46.4 Å². The van der Waals surface area contributed by atoms with Gasteiger partial charge in [-0.15, -0.1) is 0 Å². The number of hydrogen-bond acceptors (Lipinski definition) is 9. The summed E-state index contributed by atoms with van der Waals surface area (Å²) in [5.41, 5.74) is 5.96. The monoisotopic (exact) mass is 520 g/mol. The average Bonchev–Trinajstić information content (AvgIpc) is 2.97. The highest BCUT2D eigenvalue weighted by atomic mass is 16.5. The maximum Gasteiger partial charge on any atom is 0.265 e. The van der Waals surface area contributed by atoms with Crippen LogP contribution in [0.3, 0.4) is 0 Å². The Balaban J connectivity index is 1.34. The summed E-state index contributed by atoms with van der Waals surface area (Å²) < 4.78 is 16.7. The summed E-state index contributed by atoms with van der Waals surface area (Å²) in [5, 5.41) is 8.45. The van der Waals surface area contributed by atoms with E-state index >= 15 is 0 Å².